The minimum absolute atomic E-state index is 1.27. The molecule has 0 saturated carbocycles. The van der Waals surface area contributed by atoms with Crippen LogP contribution < -0.4 is 0 Å². The monoisotopic (exact) mass is 368 g/mol. The van der Waals surface area contributed by atoms with Gasteiger partial charge in [-0.1, -0.05) is 78.9 Å². The second kappa shape index (κ2) is 6.18. The average Bonchev–Trinajstić information content (AvgIpc) is 2.78. The van der Waals surface area contributed by atoms with E-state index in [0.29, 0.717) is 0 Å². The van der Waals surface area contributed by atoms with Crippen molar-refractivity contribution in [3.05, 3.63) is 109 Å². The maximum atomic E-state index is 2.37. The molecule has 0 aliphatic carbocycles. The predicted octanol–water partition coefficient (Wildman–Crippen LogP) is 8.27. The summed E-state index contributed by atoms with van der Waals surface area (Å²) in [5, 5.41) is 10.5. The standard InChI is InChI=1S/C29H20/c1-19-25-15-21-11-5-7-13-23(21)17-27(25)29(20-9-3-2-4-10-20)28-18-24-14-8-6-12-22(24)16-26(19)28/h2-18H,1H3. The van der Waals surface area contributed by atoms with E-state index in [0.717, 1.165) is 0 Å². The Morgan fingerprint density at radius 1 is 0.414 bits per heavy atom. The molecule has 0 radical (unpaired) electrons. The molecule has 0 fully saturated rings. The zero-order chi connectivity index (χ0) is 19.4. The van der Waals surface area contributed by atoms with E-state index in [9.17, 15) is 0 Å². The maximum absolute atomic E-state index is 2.37. The summed E-state index contributed by atoms with van der Waals surface area (Å²) in [6, 6.07) is 37.6. The summed E-state index contributed by atoms with van der Waals surface area (Å²) in [6.45, 7) is 2.27. The Morgan fingerprint density at radius 2 is 0.793 bits per heavy atom. The number of hydrogen-bond acceptors (Lipinski definition) is 0. The van der Waals surface area contributed by atoms with Crippen molar-refractivity contribution in [2.24, 2.45) is 0 Å². The van der Waals surface area contributed by atoms with Gasteiger partial charge in [-0.3, -0.25) is 0 Å². The van der Waals surface area contributed by atoms with E-state index < -0.39 is 0 Å². The first-order chi connectivity index (χ1) is 14.3. The van der Waals surface area contributed by atoms with Gasteiger partial charge in [-0.25, -0.2) is 0 Å². The zero-order valence-corrected chi connectivity index (χ0v) is 16.3. The molecule has 0 heteroatoms. The molecule has 6 aromatic rings. The number of aryl methyl sites for hydroxylation is 1. The molecule has 29 heavy (non-hydrogen) atoms. The number of benzene rings is 6. The van der Waals surface area contributed by atoms with Crippen molar-refractivity contribution in [3.63, 3.8) is 0 Å². The minimum atomic E-state index is 1.27. The number of fused-ring (bicyclic) bond motifs is 4. The molecule has 0 spiro atoms. The smallest absolute Gasteiger partial charge is 0.00262 e. The van der Waals surface area contributed by atoms with Crippen LogP contribution in [0.15, 0.2) is 103 Å². The molecular weight excluding hydrogens is 348 g/mol. The van der Waals surface area contributed by atoms with Gasteiger partial charge in [0.15, 0.2) is 0 Å². The van der Waals surface area contributed by atoms with Gasteiger partial charge < -0.3 is 0 Å². The SMILES string of the molecule is Cc1c2cc3ccccc3cc2c(-c2ccccc2)c2cc3ccccc3cc12. The molecule has 0 aliphatic heterocycles. The first kappa shape index (κ1) is 16.3. The van der Waals surface area contributed by atoms with E-state index in [-0.39, 0.29) is 0 Å². The Bertz CT molecular complexity index is 1440. The van der Waals surface area contributed by atoms with Crippen molar-refractivity contribution < 1.29 is 0 Å². The van der Waals surface area contributed by atoms with Gasteiger partial charge >= 0.3 is 0 Å². The highest BCUT2D eigenvalue weighted by Crippen LogP contribution is 2.41. The van der Waals surface area contributed by atoms with Gasteiger partial charge in [0, 0.05) is 0 Å². The zero-order valence-electron chi connectivity index (χ0n) is 16.3. The number of hydrogen-bond donors (Lipinski definition) is 0. The van der Waals surface area contributed by atoms with Gasteiger partial charge in [0.25, 0.3) is 0 Å². The van der Waals surface area contributed by atoms with Crippen LogP contribution in [0, 0.1) is 6.92 Å². The van der Waals surface area contributed by atoms with Crippen LogP contribution in [-0.2, 0) is 0 Å². The fraction of sp³-hybridized carbons (Fsp3) is 0.0345. The van der Waals surface area contributed by atoms with Crippen LogP contribution in [0.25, 0.3) is 54.2 Å². The van der Waals surface area contributed by atoms with Crippen LogP contribution in [0.5, 0.6) is 0 Å². The van der Waals surface area contributed by atoms with Gasteiger partial charge in [0.05, 0.1) is 0 Å². The fourth-order valence-electron chi connectivity index (χ4n) is 4.72. The van der Waals surface area contributed by atoms with Crippen LogP contribution in [0.2, 0.25) is 0 Å². The summed E-state index contributed by atoms with van der Waals surface area (Å²) in [6.07, 6.45) is 0. The molecule has 6 aromatic carbocycles. The summed E-state index contributed by atoms with van der Waals surface area (Å²) >= 11 is 0. The van der Waals surface area contributed by atoms with Crippen molar-refractivity contribution in [3.8, 4) is 11.1 Å². The van der Waals surface area contributed by atoms with Crippen LogP contribution in [0.3, 0.4) is 0 Å². The highest BCUT2D eigenvalue weighted by molar-refractivity contribution is 6.19. The summed E-state index contributed by atoms with van der Waals surface area (Å²) in [5.74, 6) is 0. The topological polar surface area (TPSA) is 0 Å². The third kappa shape index (κ3) is 2.46. The Kier molecular flexibility index (Phi) is 3.48. The van der Waals surface area contributed by atoms with E-state index >= 15 is 0 Å². The van der Waals surface area contributed by atoms with Crippen LogP contribution in [0.4, 0.5) is 0 Å². The summed E-state index contributed by atoms with van der Waals surface area (Å²) in [7, 11) is 0. The molecule has 6 rings (SSSR count). The molecule has 0 aromatic heterocycles. The van der Waals surface area contributed by atoms with Gasteiger partial charge in [-0.15, -0.1) is 0 Å². The van der Waals surface area contributed by atoms with Gasteiger partial charge in [0.2, 0.25) is 0 Å². The maximum Gasteiger partial charge on any atom is -0.00262 e. The van der Waals surface area contributed by atoms with Crippen LogP contribution in [0.1, 0.15) is 5.56 Å². The van der Waals surface area contributed by atoms with Crippen LogP contribution >= 0.6 is 0 Å². The van der Waals surface area contributed by atoms with E-state index in [4.69, 9.17) is 0 Å². The molecule has 0 saturated heterocycles. The van der Waals surface area contributed by atoms with Gasteiger partial charge in [-0.2, -0.15) is 0 Å². The molecular formula is C29H20. The fourth-order valence-corrected chi connectivity index (χ4v) is 4.72. The van der Waals surface area contributed by atoms with Gasteiger partial charge in [0.1, 0.15) is 0 Å². The number of rotatable bonds is 1. The predicted molar refractivity (Wildman–Crippen MR) is 127 cm³/mol. The average molecular weight is 368 g/mol. The molecule has 0 atom stereocenters. The Morgan fingerprint density at radius 3 is 1.24 bits per heavy atom. The van der Waals surface area contributed by atoms with Crippen molar-refractivity contribution >= 4 is 43.1 Å². The lowest BCUT2D eigenvalue weighted by Gasteiger charge is -2.17. The second-order valence-corrected chi connectivity index (χ2v) is 7.86. The van der Waals surface area contributed by atoms with E-state index in [1.165, 1.54) is 59.8 Å². The molecule has 0 N–H and O–H groups in total. The second-order valence-electron chi connectivity index (χ2n) is 7.86. The third-order valence-electron chi connectivity index (χ3n) is 6.18. The minimum Gasteiger partial charge on any atom is -0.0622 e. The first-order valence-electron chi connectivity index (χ1n) is 10.1. The van der Waals surface area contributed by atoms with Crippen molar-refractivity contribution in [1.29, 1.82) is 0 Å². The lowest BCUT2D eigenvalue weighted by atomic mass is 9.86. The Hall–Kier alpha value is -3.64. The summed E-state index contributed by atoms with van der Waals surface area (Å²) in [5.41, 5.74) is 3.96. The van der Waals surface area contributed by atoms with Gasteiger partial charge in [-0.05, 0) is 91.0 Å². The van der Waals surface area contributed by atoms with Crippen molar-refractivity contribution in [1.82, 2.24) is 0 Å². The molecule has 0 nitrogen and oxygen atoms in total. The van der Waals surface area contributed by atoms with Crippen LogP contribution in [-0.4, -0.2) is 0 Å². The van der Waals surface area contributed by atoms with E-state index in [2.05, 4.69) is 110 Å². The quantitative estimate of drug-likeness (QED) is 0.256. The molecule has 0 bridgehead atoms. The molecule has 0 amide bonds. The molecule has 0 unspecified atom stereocenters. The molecule has 136 valence electrons. The van der Waals surface area contributed by atoms with Crippen molar-refractivity contribution in [2.75, 3.05) is 0 Å². The Balaban J connectivity index is 1.90. The molecule has 0 heterocycles. The summed E-state index contributed by atoms with van der Waals surface area (Å²) in [4.78, 5) is 0. The lowest BCUT2D eigenvalue weighted by molar-refractivity contribution is 1.59. The Labute approximate surface area is 170 Å². The third-order valence-corrected chi connectivity index (χ3v) is 6.18. The van der Waals surface area contributed by atoms with Crippen molar-refractivity contribution in [2.45, 2.75) is 6.92 Å². The normalized spacial score (nSPS) is 11.6. The lowest BCUT2D eigenvalue weighted by Crippen LogP contribution is -1.91. The molecule has 0 aliphatic rings. The largest absolute Gasteiger partial charge is 0.0622 e. The highest BCUT2D eigenvalue weighted by Gasteiger charge is 2.15. The first-order valence-corrected chi connectivity index (χ1v) is 10.1. The highest BCUT2D eigenvalue weighted by atomic mass is 14.2. The summed E-state index contributed by atoms with van der Waals surface area (Å²) < 4.78 is 0. The van der Waals surface area contributed by atoms with E-state index in [1.54, 1.807) is 0 Å². The van der Waals surface area contributed by atoms with E-state index in [1.807, 2.05) is 0 Å².